The van der Waals surface area contributed by atoms with Gasteiger partial charge in [0.2, 0.25) is 0 Å². The topological polar surface area (TPSA) is 65.1 Å². The first kappa shape index (κ1) is 24.1. The number of allylic oxidation sites excluding steroid dienone is 1. The van der Waals surface area contributed by atoms with E-state index in [9.17, 15) is 9.59 Å². The second kappa shape index (κ2) is 11.9. The Balaban J connectivity index is 1.42. The Morgan fingerprint density at radius 1 is 0.857 bits per heavy atom. The van der Waals surface area contributed by atoms with E-state index < -0.39 is 6.09 Å². The fourth-order valence-electron chi connectivity index (χ4n) is 4.16. The van der Waals surface area contributed by atoms with Crippen LogP contribution in [0, 0.1) is 0 Å². The van der Waals surface area contributed by atoms with Crippen LogP contribution in [0.2, 0.25) is 0 Å². The van der Waals surface area contributed by atoms with Crippen LogP contribution < -0.4 is 9.64 Å². The minimum absolute atomic E-state index is 0.115. The molecule has 0 aromatic heterocycles. The van der Waals surface area contributed by atoms with Crippen LogP contribution >= 0.6 is 0 Å². The Kier molecular flexibility index (Phi) is 8.17. The Bertz CT molecular complexity index is 1130. The van der Waals surface area contributed by atoms with E-state index in [1.165, 1.54) is 0 Å². The highest BCUT2D eigenvalue weighted by Gasteiger charge is 2.21. The summed E-state index contributed by atoms with van der Waals surface area (Å²) in [6.07, 6.45) is 4.02. The second-order valence-corrected chi connectivity index (χ2v) is 8.01. The molecule has 0 saturated heterocycles. The van der Waals surface area contributed by atoms with Gasteiger partial charge in [0.25, 0.3) is 0 Å². The maximum Gasteiger partial charge on any atom is 0.418 e. The summed E-state index contributed by atoms with van der Waals surface area (Å²) in [6, 6.07) is 24.7. The van der Waals surface area contributed by atoms with E-state index >= 15 is 0 Å². The number of para-hydroxylation sites is 2. The molecule has 0 saturated carbocycles. The van der Waals surface area contributed by atoms with E-state index in [4.69, 9.17) is 14.2 Å². The van der Waals surface area contributed by atoms with Gasteiger partial charge in [-0.2, -0.15) is 0 Å². The van der Waals surface area contributed by atoms with E-state index in [1.807, 2.05) is 78.9 Å². The molecule has 0 fully saturated rings. The summed E-state index contributed by atoms with van der Waals surface area (Å²) in [7, 11) is 0. The Labute approximate surface area is 205 Å². The number of carbonyl (C=O) groups is 2. The molecule has 0 radical (unpaired) electrons. The van der Waals surface area contributed by atoms with Crippen molar-refractivity contribution in [2.45, 2.75) is 26.2 Å². The first-order valence-electron chi connectivity index (χ1n) is 11.8. The summed E-state index contributed by atoms with van der Waals surface area (Å²) < 4.78 is 16.4. The Morgan fingerprint density at radius 3 is 2.20 bits per heavy atom. The van der Waals surface area contributed by atoms with Crippen LogP contribution in [0.25, 0.3) is 5.57 Å². The summed E-state index contributed by atoms with van der Waals surface area (Å²) in [4.78, 5) is 26.4. The fourth-order valence-corrected chi connectivity index (χ4v) is 4.16. The third-order valence-electron chi connectivity index (χ3n) is 5.72. The van der Waals surface area contributed by atoms with Crippen molar-refractivity contribution in [3.05, 3.63) is 96.1 Å². The molecule has 3 aromatic rings. The molecule has 6 nitrogen and oxygen atoms in total. The molecule has 4 rings (SSSR count). The lowest BCUT2D eigenvalue weighted by Gasteiger charge is -2.23. The zero-order valence-corrected chi connectivity index (χ0v) is 19.8. The molecular weight excluding hydrogens is 442 g/mol. The van der Waals surface area contributed by atoms with Crippen molar-refractivity contribution in [1.82, 2.24) is 0 Å². The van der Waals surface area contributed by atoms with Crippen LogP contribution in [0.3, 0.4) is 0 Å². The van der Waals surface area contributed by atoms with Gasteiger partial charge >= 0.3 is 12.1 Å². The van der Waals surface area contributed by atoms with Crippen molar-refractivity contribution in [3.8, 4) is 5.75 Å². The number of esters is 1. The number of rotatable bonds is 9. The van der Waals surface area contributed by atoms with Crippen molar-refractivity contribution in [2.24, 2.45) is 0 Å². The molecule has 0 aliphatic heterocycles. The van der Waals surface area contributed by atoms with E-state index in [0.717, 1.165) is 40.9 Å². The van der Waals surface area contributed by atoms with Gasteiger partial charge in [-0.3, -0.25) is 0 Å². The third-order valence-corrected chi connectivity index (χ3v) is 5.72. The molecule has 0 bridgehead atoms. The van der Waals surface area contributed by atoms with Crippen LogP contribution in [0.4, 0.5) is 16.2 Å². The molecule has 3 aromatic carbocycles. The molecule has 1 amide bonds. The largest absolute Gasteiger partial charge is 0.482 e. The summed E-state index contributed by atoms with van der Waals surface area (Å²) >= 11 is 0. The first-order valence-corrected chi connectivity index (χ1v) is 11.8. The van der Waals surface area contributed by atoms with Gasteiger partial charge in [0.1, 0.15) is 5.75 Å². The number of nitrogens with zero attached hydrogens (tertiary/aromatic N) is 1. The van der Waals surface area contributed by atoms with Crippen LogP contribution in [-0.2, 0) is 20.7 Å². The minimum atomic E-state index is -0.425. The number of ether oxygens (including phenoxy) is 3. The number of fused-ring (bicyclic) bond motifs is 1. The monoisotopic (exact) mass is 471 g/mol. The van der Waals surface area contributed by atoms with Crippen molar-refractivity contribution < 1.29 is 23.8 Å². The number of hydrogen-bond donors (Lipinski definition) is 0. The maximum absolute atomic E-state index is 13.1. The maximum atomic E-state index is 13.1. The molecule has 0 spiro atoms. The van der Waals surface area contributed by atoms with E-state index in [2.05, 4.69) is 6.08 Å². The highest BCUT2D eigenvalue weighted by molar-refractivity contribution is 5.96. The summed E-state index contributed by atoms with van der Waals surface area (Å²) in [5.74, 6) is 0.308. The lowest BCUT2D eigenvalue weighted by Crippen LogP contribution is -2.27. The van der Waals surface area contributed by atoms with Gasteiger partial charge in [-0.15, -0.1) is 0 Å². The predicted molar refractivity (Wildman–Crippen MR) is 136 cm³/mol. The van der Waals surface area contributed by atoms with Gasteiger partial charge < -0.3 is 14.2 Å². The average molecular weight is 472 g/mol. The van der Waals surface area contributed by atoms with Crippen molar-refractivity contribution in [2.75, 3.05) is 24.7 Å². The lowest BCUT2D eigenvalue weighted by atomic mass is 9.88. The summed E-state index contributed by atoms with van der Waals surface area (Å²) in [5, 5.41) is 0. The predicted octanol–water partition coefficient (Wildman–Crippen LogP) is 6.32. The van der Waals surface area contributed by atoms with Gasteiger partial charge in [0, 0.05) is 12.0 Å². The lowest BCUT2D eigenvalue weighted by molar-refractivity contribution is -0.145. The minimum Gasteiger partial charge on any atom is -0.482 e. The molecule has 1 aliphatic carbocycles. The quantitative estimate of drug-likeness (QED) is 0.342. The van der Waals surface area contributed by atoms with Crippen LogP contribution in [0.15, 0.2) is 84.9 Å². The zero-order valence-electron chi connectivity index (χ0n) is 19.8. The highest BCUT2D eigenvalue weighted by atomic mass is 16.6. The number of anilines is 2. The molecular formula is C29H29NO5. The third kappa shape index (κ3) is 6.09. The molecule has 180 valence electrons. The smallest absolute Gasteiger partial charge is 0.418 e. The SMILES string of the molecule is CCOC(=O)COc1cccc2c1CCC=C2CCOC(=O)N(c1ccccc1)c1ccccc1. The number of benzene rings is 3. The summed E-state index contributed by atoms with van der Waals surface area (Å²) in [6.45, 7) is 2.22. The Hall–Kier alpha value is -4.06. The second-order valence-electron chi connectivity index (χ2n) is 8.01. The van der Waals surface area contributed by atoms with Crippen molar-refractivity contribution in [1.29, 1.82) is 0 Å². The van der Waals surface area contributed by atoms with Crippen molar-refractivity contribution >= 4 is 29.0 Å². The van der Waals surface area contributed by atoms with Crippen LogP contribution in [0.5, 0.6) is 5.75 Å². The molecule has 0 atom stereocenters. The van der Waals surface area contributed by atoms with E-state index in [1.54, 1.807) is 11.8 Å². The van der Waals surface area contributed by atoms with Gasteiger partial charge in [0.05, 0.1) is 24.6 Å². The van der Waals surface area contributed by atoms with E-state index in [-0.39, 0.29) is 19.2 Å². The number of amides is 1. The highest BCUT2D eigenvalue weighted by Crippen LogP contribution is 2.35. The van der Waals surface area contributed by atoms with Gasteiger partial charge in [-0.05, 0) is 61.2 Å². The van der Waals surface area contributed by atoms with Gasteiger partial charge in [-0.1, -0.05) is 54.6 Å². The number of carbonyl (C=O) groups excluding carboxylic acids is 2. The molecule has 0 unspecified atom stereocenters. The molecule has 6 heteroatoms. The average Bonchev–Trinajstić information content (AvgIpc) is 2.89. The summed E-state index contributed by atoms with van der Waals surface area (Å²) in [5.41, 5.74) is 4.72. The van der Waals surface area contributed by atoms with Crippen LogP contribution in [-0.4, -0.2) is 31.9 Å². The van der Waals surface area contributed by atoms with Crippen molar-refractivity contribution in [3.63, 3.8) is 0 Å². The molecule has 0 heterocycles. The zero-order chi connectivity index (χ0) is 24.5. The standard InChI is InChI=1S/C29H29NO5/c1-2-33-28(31)21-35-27-18-10-16-25-22(11-9-17-26(25)27)19-20-34-29(32)30(23-12-5-3-6-13-23)24-14-7-4-8-15-24/h3-8,10-16,18H,2,9,17,19-21H2,1H3. The van der Waals surface area contributed by atoms with Gasteiger partial charge in [-0.25, -0.2) is 14.5 Å². The first-order chi connectivity index (χ1) is 17.2. The normalized spacial score (nSPS) is 12.2. The molecule has 35 heavy (non-hydrogen) atoms. The van der Waals surface area contributed by atoms with E-state index in [0.29, 0.717) is 18.8 Å². The fraction of sp³-hybridized carbons (Fsp3) is 0.241. The van der Waals surface area contributed by atoms with Gasteiger partial charge in [0.15, 0.2) is 6.61 Å². The molecule has 0 N–H and O–H groups in total. The molecule has 1 aliphatic rings. The Morgan fingerprint density at radius 2 is 1.54 bits per heavy atom. The number of hydrogen-bond acceptors (Lipinski definition) is 5. The van der Waals surface area contributed by atoms with Crippen LogP contribution in [0.1, 0.15) is 30.9 Å².